The van der Waals surface area contributed by atoms with Gasteiger partial charge in [-0.3, -0.25) is 0 Å². The summed E-state index contributed by atoms with van der Waals surface area (Å²) in [5.41, 5.74) is 0. The summed E-state index contributed by atoms with van der Waals surface area (Å²) >= 11 is 0. The molecule has 2 atom stereocenters. The van der Waals surface area contributed by atoms with Crippen molar-refractivity contribution in [2.75, 3.05) is 0 Å². The monoisotopic (exact) mass is 338 g/mol. The first-order valence-electron chi connectivity index (χ1n) is 4.86. The molecule has 0 aliphatic carbocycles. The van der Waals surface area contributed by atoms with Crippen molar-refractivity contribution in [3.8, 4) is 0 Å². The van der Waals surface area contributed by atoms with Crippen LogP contribution in [-0.2, 0) is 39.7 Å². The zero-order valence-corrected chi connectivity index (χ0v) is 15.1. The second-order valence-electron chi connectivity index (χ2n) is 3.42. The van der Waals surface area contributed by atoms with Gasteiger partial charge in [0.2, 0.25) is 0 Å². The van der Waals surface area contributed by atoms with Crippen LogP contribution in [0.2, 0.25) is 0 Å². The van der Waals surface area contributed by atoms with Crippen molar-refractivity contribution in [1.82, 2.24) is 0 Å². The molecule has 2 unspecified atom stereocenters. The molecule has 0 radical (unpaired) electrons. The van der Waals surface area contributed by atoms with E-state index in [2.05, 4.69) is 0 Å². The predicted octanol–water partition coefficient (Wildman–Crippen LogP) is 0.658. The predicted molar refractivity (Wildman–Crippen MR) is 58.9 cm³/mol. The quantitative estimate of drug-likeness (QED) is 0.549. The van der Waals surface area contributed by atoms with Gasteiger partial charge in [-0.1, -0.05) is 13.8 Å². The minimum atomic E-state index is -4.00. The van der Waals surface area contributed by atoms with E-state index in [0.717, 1.165) is 0 Å². The van der Waals surface area contributed by atoms with E-state index < -0.39 is 30.7 Å². The van der Waals surface area contributed by atoms with Crippen LogP contribution in [0, 0.1) is 0 Å². The summed E-state index contributed by atoms with van der Waals surface area (Å²) in [7, 11) is -8.01. The molecule has 6 nitrogen and oxygen atoms in total. The van der Waals surface area contributed by atoms with Crippen molar-refractivity contribution in [1.29, 1.82) is 0 Å². The largest absolute Gasteiger partial charge is 2.00 e. The van der Waals surface area contributed by atoms with E-state index in [-0.39, 0.29) is 19.5 Å². The Labute approximate surface area is 116 Å². The molecule has 0 fully saturated rings. The van der Waals surface area contributed by atoms with Gasteiger partial charge in [0, 0.05) is 10.5 Å². The maximum Gasteiger partial charge on any atom is 2.00 e. The molecule has 0 N–H and O–H groups in total. The molecular formula is C8H18O6S2Zn. The normalized spacial score (nSPS) is 14.9. The summed E-state index contributed by atoms with van der Waals surface area (Å²) in [4.78, 5) is 0. The van der Waals surface area contributed by atoms with Crippen LogP contribution in [0.4, 0.5) is 0 Å². The zero-order valence-electron chi connectivity index (χ0n) is 10.5. The van der Waals surface area contributed by atoms with Gasteiger partial charge in [-0.15, -0.1) is 0 Å². The van der Waals surface area contributed by atoms with Gasteiger partial charge in [-0.25, -0.2) is 16.8 Å². The van der Waals surface area contributed by atoms with Gasteiger partial charge in [0.25, 0.3) is 0 Å². The van der Waals surface area contributed by atoms with Crippen LogP contribution in [-0.4, -0.2) is 36.4 Å². The van der Waals surface area contributed by atoms with E-state index in [1.54, 1.807) is 13.8 Å². The first-order chi connectivity index (χ1) is 6.96. The van der Waals surface area contributed by atoms with E-state index in [4.69, 9.17) is 0 Å². The van der Waals surface area contributed by atoms with Crippen LogP contribution < -0.4 is 0 Å². The Morgan fingerprint density at radius 1 is 0.824 bits per heavy atom. The Balaban J connectivity index is -0.000000218. The molecule has 0 spiro atoms. The third kappa shape index (κ3) is 12.7. The summed E-state index contributed by atoms with van der Waals surface area (Å²) < 4.78 is 60.0. The molecule has 0 heterocycles. The summed E-state index contributed by atoms with van der Waals surface area (Å²) in [6, 6.07) is 0. The smallest absolute Gasteiger partial charge is 0.748 e. The van der Waals surface area contributed by atoms with Crippen LogP contribution in [0.5, 0.6) is 0 Å². The number of hydrogen-bond acceptors (Lipinski definition) is 6. The second-order valence-corrected chi connectivity index (χ2v) is 7.00. The van der Waals surface area contributed by atoms with Crippen molar-refractivity contribution in [3.63, 3.8) is 0 Å². The summed E-state index contributed by atoms with van der Waals surface area (Å²) in [6.07, 6.45) is 0.789. The SMILES string of the molecule is CCC(C)S(=O)(=O)[O-].CCC(C)S(=O)(=O)[O-].[Zn+2]. The van der Waals surface area contributed by atoms with Crippen molar-refractivity contribution in [2.24, 2.45) is 0 Å². The third-order valence-corrected chi connectivity index (χ3v) is 4.77. The minimum absolute atomic E-state index is 0. The molecule has 0 saturated carbocycles. The Morgan fingerprint density at radius 3 is 1.00 bits per heavy atom. The Kier molecular flexibility index (Phi) is 12.5. The fourth-order valence-corrected chi connectivity index (χ4v) is 1.22. The van der Waals surface area contributed by atoms with Gasteiger partial charge in [0.05, 0.1) is 20.2 Å². The van der Waals surface area contributed by atoms with Gasteiger partial charge in [0.15, 0.2) is 0 Å². The van der Waals surface area contributed by atoms with Crippen molar-refractivity contribution < 1.29 is 45.4 Å². The molecule has 0 bridgehead atoms. The van der Waals surface area contributed by atoms with Gasteiger partial charge in [-0.2, -0.15) is 0 Å². The van der Waals surface area contributed by atoms with Crippen LogP contribution in [0.15, 0.2) is 0 Å². The minimum Gasteiger partial charge on any atom is -0.748 e. The van der Waals surface area contributed by atoms with E-state index in [0.29, 0.717) is 12.8 Å². The Bertz CT molecular complexity index is 337. The van der Waals surface area contributed by atoms with Crippen molar-refractivity contribution in [2.45, 2.75) is 51.0 Å². The molecule has 100 valence electrons. The van der Waals surface area contributed by atoms with Crippen LogP contribution in [0.3, 0.4) is 0 Å². The standard InChI is InChI=1S/2C4H10O3S.Zn/c2*1-3-4(2)8(5,6)7;/h2*4H,3H2,1-2H3,(H,5,6,7);/q;;+2/p-2. The van der Waals surface area contributed by atoms with Gasteiger partial charge in [0.1, 0.15) is 0 Å². The van der Waals surface area contributed by atoms with Gasteiger partial charge >= 0.3 is 19.5 Å². The first kappa shape index (κ1) is 22.6. The molecule has 0 amide bonds. The van der Waals surface area contributed by atoms with E-state index in [1.165, 1.54) is 13.8 Å². The molecule has 17 heavy (non-hydrogen) atoms. The van der Waals surface area contributed by atoms with Gasteiger partial charge in [-0.05, 0) is 26.7 Å². The van der Waals surface area contributed by atoms with Crippen LogP contribution in [0.1, 0.15) is 40.5 Å². The Morgan fingerprint density at radius 2 is 1.00 bits per heavy atom. The summed E-state index contributed by atoms with van der Waals surface area (Å²) in [5, 5.41) is -1.47. The average Bonchev–Trinajstić information content (AvgIpc) is 2.13. The first-order valence-corrected chi connectivity index (χ1v) is 7.80. The van der Waals surface area contributed by atoms with E-state index >= 15 is 0 Å². The Hall–Kier alpha value is 0.443. The molecule has 0 rings (SSSR count). The van der Waals surface area contributed by atoms with E-state index in [9.17, 15) is 25.9 Å². The average molecular weight is 340 g/mol. The molecule has 0 aliphatic rings. The summed E-state index contributed by atoms with van der Waals surface area (Å²) in [5.74, 6) is 0. The van der Waals surface area contributed by atoms with Crippen LogP contribution >= 0.6 is 0 Å². The number of rotatable bonds is 4. The molecular weight excluding hydrogens is 322 g/mol. The molecule has 0 aromatic carbocycles. The van der Waals surface area contributed by atoms with Crippen molar-refractivity contribution >= 4 is 20.2 Å². The fraction of sp³-hybridized carbons (Fsp3) is 1.00. The molecule has 0 saturated heterocycles. The topological polar surface area (TPSA) is 114 Å². The summed E-state index contributed by atoms with van der Waals surface area (Å²) in [6.45, 7) is 6.14. The molecule has 0 aromatic rings. The number of hydrogen-bond donors (Lipinski definition) is 0. The fourth-order valence-electron chi connectivity index (χ4n) is 0.408. The van der Waals surface area contributed by atoms with Crippen LogP contribution in [0.25, 0.3) is 0 Å². The maximum atomic E-state index is 10.0. The molecule has 9 heteroatoms. The van der Waals surface area contributed by atoms with Gasteiger partial charge < -0.3 is 9.11 Å². The van der Waals surface area contributed by atoms with Crippen molar-refractivity contribution in [3.05, 3.63) is 0 Å². The molecule has 0 aromatic heterocycles. The second kappa shape index (κ2) is 9.38. The van der Waals surface area contributed by atoms with E-state index in [1.807, 2.05) is 0 Å². The zero-order chi connectivity index (χ0) is 13.6. The third-order valence-electron chi connectivity index (χ3n) is 2.14. The maximum absolute atomic E-state index is 10.0. The molecule has 0 aliphatic heterocycles.